The lowest BCUT2D eigenvalue weighted by Gasteiger charge is -1.97. The zero-order chi connectivity index (χ0) is 12.0. The Morgan fingerprint density at radius 2 is 2.06 bits per heavy atom. The first-order valence-electron chi connectivity index (χ1n) is 5.47. The molecule has 0 aliphatic heterocycles. The van der Waals surface area contributed by atoms with Gasteiger partial charge >= 0.3 is 0 Å². The van der Waals surface area contributed by atoms with E-state index in [1.54, 1.807) is 11.3 Å². The largest absolute Gasteiger partial charge is 0.383 e. The molecule has 0 aliphatic rings. The van der Waals surface area contributed by atoms with E-state index in [4.69, 9.17) is 5.73 Å². The molecule has 0 saturated heterocycles. The van der Waals surface area contributed by atoms with Crippen LogP contribution in [0.5, 0.6) is 0 Å². The van der Waals surface area contributed by atoms with E-state index in [2.05, 4.69) is 24.0 Å². The summed E-state index contributed by atoms with van der Waals surface area (Å²) in [6.07, 6.45) is 1.95. The van der Waals surface area contributed by atoms with Gasteiger partial charge in [-0.3, -0.25) is 4.40 Å². The molecule has 0 aromatic carbocycles. The summed E-state index contributed by atoms with van der Waals surface area (Å²) in [5.74, 6) is 0.713. The van der Waals surface area contributed by atoms with Crippen molar-refractivity contribution in [3.05, 3.63) is 40.9 Å². The number of hydrogen-bond acceptors (Lipinski definition) is 3. The Hall–Kier alpha value is -1.81. The van der Waals surface area contributed by atoms with E-state index in [1.807, 2.05) is 29.7 Å². The maximum Gasteiger partial charge on any atom is 0.142 e. The number of hydrogen-bond donors (Lipinski definition) is 1. The topological polar surface area (TPSA) is 43.3 Å². The Morgan fingerprint density at radius 3 is 2.71 bits per heavy atom. The number of nitrogens with zero attached hydrogens (tertiary/aromatic N) is 2. The molecule has 17 heavy (non-hydrogen) atoms. The smallest absolute Gasteiger partial charge is 0.142 e. The molecule has 0 fully saturated rings. The van der Waals surface area contributed by atoms with Gasteiger partial charge in [0.15, 0.2) is 0 Å². The number of anilines is 1. The highest BCUT2D eigenvalue weighted by molar-refractivity contribution is 7.15. The molecule has 0 bridgehead atoms. The van der Waals surface area contributed by atoms with E-state index in [-0.39, 0.29) is 0 Å². The Balaban J connectivity index is 2.31. The van der Waals surface area contributed by atoms with Crippen molar-refractivity contribution >= 4 is 22.8 Å². The molecule has 0 radical (unpaired) electrons. The number of nitrogen functional groups attached to an aromatic ring is 1. The minimum absolute atomic E-state index is 0.713. The lowest BCUT2D eigenvalue weighted by Crippen LogP contribution is -1.93. The number of pyridine rings is 1. The normalized spacial score (nSPS) is 11.2. The second-order valence-corrected chi connectivity index (χ2v) is 5.43. The fourth-order valence-corrected chi connectivity index (χ4v) is 2.83. The number of aromatic nitrogens is 2. The van der Waals surface area contributed by atoms with Gasteiger partial charge in [-0.1, -0.05) is 6.07 Å². The van der Waals surface area contributed by atoms with Gasteiger partial charge in [0, 0.05) is 11.1 Å². The number of rotatable bonds is 1. The number of thiophene rings is 1. The molecule has 0 spiro atoms. The Kier molecular flexibility index (Phi) is 2.19. The molecule has 3 rings (SSSR count). The molecule has 86 valence electrons. The van der Waals surface area contributed by atoms with Crippen LogP contribution in [-0.2, 0) is 0 Å². The summed E-state index contributed by atoms with van der Waals surface area (Å²) in [6, 6.07) is 8.21. The van der Waals surface area contributed by atoms with Crippen LogP contribution in [0.1, 0.15) is 10.4 Å². The molecule has 2 N–H and O–H groups in total. The van der Waals surface area contributed by atoms with Crippen LogP contribution in [0.25, 0.3) is 16.2 Å². The van der Waals surface area contributed by atoms with Crippen LogP contribution in [0.3, 0.4) is 0 Å². The summed E-state index contributed by atoms with van der Waals surface area (Å²) in [4.78, 5) is 7.04. The fraction of sp³-hybridized carbons (Fsp3) is 0.154. The molecule has 0 saturated carbocycles. The van der Waals surface area contributed by atoms with Crippen molar-refractivity contribution in [2.45, 2.75) is 13.8 Å². The van der Waals surface area contributed by atoms with Crippen molar-refractivity contribution < 1.29 is 0 Å². The summed E-state index contributed by atoms with van der Waals surface area (Å²) >= 11 is 1.72. The van der Waals surface area contributed by atoms with Gasteiger partial charge in [-0.25, -0.2) is 4.98 Å². The van der Waals surface area contributed by atoms with Crippen LogP contribution in [0.4, 0.5) is 5.82 Å². The molecule has 0 amide bonds. The Labute approximate surface area is 104 Å². The lowest BCUT2D eigenvalue weighted by molar-refractivity contribution is 1.17. The molecule has 3 nitrogen and oxygen atoms in total. The van der Waals surface area contributed by atoms with Crippen molar-refractivity contribution in [3.8, 4) is 10.6 Å². The van der Waals surface area contributed by atoms with Gasteiger partial charge in [-0.2, -0.15) is 0 Å². The second-order valence-electron chi connectivity index (χ2n) is 4.14. The number of aryl methyl sites for hydroxylation is 2. The number of imidazole rings is 1. The van der Waals surface area contributed by atoms with E-state index >= 15 is 0 Å². The molecule has 0 atom stereocenters. The Bertz CT molecular complexity index is 694. The van der Waals surface area contributed by atoms with Crippen LogP contribution in [0, 0.1) is 13.8 Å². The van der Waals surface area contributed by atoms with E-state index in [0.29, 0.717) is 5.82 Å². The molecule has 4 heteroatoms. The molecule has 3 heterocycles. The molecule has 0 aliphatic carbocycles. The summed E-state index contributed by atoms with van der Waals surface area (Å²) in [7, 11) is 0. The van der Waals surface area contributed by atoms with Crippen LogP contribution < -0.4 is 5.73 Å². The third-order valence-electron chi connectivity index (χ3n) is 2.86. The Morgan fingerprint density at radius 1 is 1.24 bits per heavy atom. The van der Waals surface area contributed by atoms with Crippen LogP contribution >= 0.6 is 11.3 Å². The third-order valence-corrected chi connectivity index (χ3v) is 3.86. The first kappa shape index (κ1) is 10.4. The second kappa shape index (κ2) is 3.60. The molecular weight excluding hydrogens is 230 g/mol. The predicted molar refractivity (Wildman–Crippen MR) is 72.4 cm³/mol. The van der Waals surface area contributed by atoms with Crippen LogP contribution in [-0.4, -0.2) is 9.38 Å². The zero-order valence-electron chi connectivity index (χ0n) is 9.77. The first-order chi connectivity index (χ1) is 8.16. The van der Waals surface area contributed by atoms with E-state index in [1.165, 1.54) is 4.88 Å². The average Bonchev–Trinajstić information content (AvgIpc) is 2.85. The van der Waals surface area contributed by atoms with Crippen LogP contribution in [0.15, 0.2) is 30.5 Å². The highest BCUT2D eigenvalue weighted by atomic mass is 32.1. The number of fused-ring (bicyclic) bond motifs is 1. The monoisotopic (exact) mass is 243 g/mol. The van der Waals surface area contributed by atoms with Crippen molar-refractivity contribution in [3.63, 3.8) is 0 Å². The van der Waals surface area contributed by atoms with Gasteiger partial charge in [0.05, 0.1) is 4.88 Å². The van der Waals surface area contributed by atoms with Gasteiger partial charge in [0.2, 0.25) is 0 Å². The maximum atomic E-state index is 6.16. The average molecular weight is 243 g/mol. The van der Waals surface area contributed by atoms with Gasteiger partial charge in [-0.05, 0) is 37.6 Å². The summed E-state index contributed by atoms with van der Waals surface area (Å²) in [5, 5.41) is 0. The highest BCUT2D eigenvalue weighted by Crippen LogP contribution is 2.32. The summed E-state index contributed by atoms with van der Waals surface area (Å²) < 4.78 is 1.94. The van der Waals surface area contributed by atoms with Crippen LogP contribution in [0.2, 0.25) is 0 Å². The molecule has 3 aromatic rings. The molecular formula is C13H13N3S. The zero-order valence-corrected chi connectivity index (χ0v) is 10.6. The van der Waals surface area contributed by atoms with Gasteiger partial charge in [0.1, 0.15) is 17.2 Å². The van der Waals surface area contributed by atoms with Crippen molar-refractivity contribution in [2.24, 2.45) is 0 Å². The quantitative estimate of drug-likeness (QED) is 0.713. The van der Waals surface area contributed by atoms with E-state index in [9.17, 15) is 0 Å². The summed E-state index contributed by atoms with van der Waals surface area (Å²) in [6.45, 7) is 4.14. The maximum absolute atomic E-state index is 6.16. The third kappa shape index (κ3) is 1.52. The van der Waals surface area contributed by atoms with Crippen molar-refractivity contribution in [1.82, 2.24) is 9.38 Å². The predicted octanol–water partition coefficient (Wildman–Crippen LogP) is 3.26. The first-order valence-corrected chi connectivity index (χ1v) is 6.28. The number of nitrogens with two attached hydrogens (primary N) is 1. The van der Waals surface area contributed by atoms with E-state index in [0.717, 1.165) is 21.8 Å². The van der Waals surface area contributed by atoms with E-state index < -0.39 is 0 Å². The fourth-order valence-electron chi connectivity index (χ4n) is 1.97. The van der Waals surface area contributed by atoms with Crippen molar-refractivity contribution in [1.29, 1.82) is 0 Å². The van der Waals surface area contributed by atoms with Gasteiger partial charge < -0.3 is 5.73 Å². The lowest BCUT2D eigenvalue weighted by atomic mass is 10.3. The minimum Gasteiger partial charge on any atom is -0.383 e. The van der Waals surface area contributed by atoms with Gasteiger partial charge in [-0.15, -0.1) is 11.3 Å². The minimum atomic E-state index is 0.713. The highest BCUT2D eigenvalue weighted by Gasteiger charge is 2.13. The SMILES string of the molecule is Cc1ccc(-c2nc3c(C)cccn3c2N)s1. The summed E-state index contributed by atoms with van der Waals surface area (Å²) in [5.41, 5.74) is 9.12. The van der Waals surface area contributed by atoms with Gasteiger partial charge in [0.25, 0.3) is 0 Å². The molecule has 0 unspecified atom stereocenters. The molecule has 3 aromatic heterocycles. The standard InChI is InChI=1S/C13H13N3S/c1-8-4-3-7-16-12(14)11(15-13(8)16)10-6-5-9(2)17-10/h3-7H,14H2,1-2H3. The van der Waals surface area contributed by atoms with Crippen molar-refractivity contribution in [2.75, 3.05) is 5.73 Å².